The van der Waals surface area contributed by atoms with Gasteiger partial charge < -0.3 is 14.6 Å². The zero-order valence-corrected chi connectivity index (χ0v) is 19.9. The zero-order chi connectivity index (χ0) is 22.4. The highest BCUT2D eigenvalue weighted by molar-refractivity contribution is 7.99. The Morgan fingerprint density at radius 3 is 2.52 bits per heavy atom. The van der Waals surface area contributed by atoms with Crippen LogP contribution in [0.5, 0.6) is 5.75 Å². The number of rotatable bonds is 9. The Balaban J connectivity index is 1.61. The fraction of sp³-hybridized carbons (Fsp3) is 0.318. The summed E-state index contributed by atoms with van der Waals surface area (Å²) in [6, 6.07) is 13.0. The fourth-order valence-corrected chi connectivity index (χ4v) is 4.07. The Bertz CT molecular complexity index is 1040. The van der Waals surface area contributed by atoms with E-state index in [0.29, 0.717) is 27.4 Å². The van der Waals surface area contributed by atoms with E-state index in [9.17, 15) is 4.79 Å². The Kier molecular flexibility index (Phi) is 8.23. The van der Waals surface area contributed by atoms with Crippen LogP contribution in [0.3, 0.4) is 0 Å². The number of anilines is 1. The number of thioether (sulfide) groups is 1. The molecular weight excluding hydrogens is 455 g/mol. The number of hydrogen-bond acceptors (Lipinski definition) is 5. The van der Waals surface area contributed by atoms with Crippen LogP contribution in [0, 0.1) is 0 Å². The molecule has 0 aliphatic heterocycles. The highest BCUT2D eigenvalue weighted by Gasteiger charge is 2.19. The first kappa shape index (κ1) is 23.4. The summed E-state index contributed by atoms with van der Waals surface area (Å²) in [5, 5.41) is 12.9. The maximum absolute atomic E-state index is 12.3. The first-order chi connectivity index (χ1) is 14.9. The molecule has 1 heterocycles. The monoisotopic (exact) mass is 478 g/mol. The van der Waals surface area contributed by atoms with Crippen molar-refractivity contribution in [1.82, 2.24) is 14.8 Å². The van der Waals surface area contributed by atoms with Gasteiger partial charge in [0.05, 0.1) is 15.8 Å². The van der Waals surface area contributed by atoms with Crippen LogP contribution in [0.15, 0.2) is 47.6 Å². The van der Waals surface area contributed by atoms with E-state index in [1.54, 1.807) is 18.2 Å². The van der Waals surface area contributed by atoms with Crippen molar-refractivity contribution in [2.75, 3.05) is 11.1 Å². The van der Waals surface area contributed by atoms with Gasteiger partial charge in [0.1, 0.15) is 5.75 Å². The van der Waals surface area contributed by atoms with E-state index in [1.165, 1.54) is 17.3 Å². The largest absolute Gasteiger partial charge is 0.483 e. The quantitative estimate of drug-likeness (QED) is 0.379. The maximum Gasteiger partial charge on any atom is 0.234 e. The van der Waals surface area contributed by atoms with Gasteiger partial charge in [-0.05, 0) is 56.2 Å². The van der Waals surface area contributed by atoms with Crippen LogP contribution in [0.1, 0.15) is 38.3 Å². The highest BCUT2D eigenvalue weighted by Crippen LogP contribution is 2.27. The summed E-state index contributed by atoms with van der Waals surface area (Å²) in [6.45, 7) is 6.73. The number of hydrogen-bond donors (Lipinski definition) is 1. The summed E-state index contributed by atoms with van der Waals surface area (Å²) in [5.41, 5.74) is 1.85. The Morgan fingerprint density at radius 1 is 1.13 bits per heavy atom. The third-order valence-electron chi connectivity index (χ3n) is 4.61. The molecule has 0 radical (unpaired) electrons. The van der Waals surface area contributed by atoms with Gasteiger partial charge in [-0.1, -0.05) is 54.0 Å². The van der Waals surface area contributed by atoms with E-state index in [4.69, 9.17) is 27.9 Å². The van der Waals surface area contributed by atoms with Gasteiger partial charge in [-0.15, -0.1) is 10.2 Å². The molecule has 1 atom stereocenters. The van der Waals surface area contributed by atoms with E-state index in [2.05, 4.69) is 34.6 Å². The smallest absolute Gasteiger partial charge is 0.234 e. The molecule has 0 aliphatic rings. The van der Waals surface area contributed by atoms with Crippen LogP contribution in [0.25, 0.3) is 0 Å². The number of benzene rings is 2. The number of nitrogens with zero attached hydrogens (tertiary/aromatic N) is 3. The molecule has 1 amide bonds. The average molecular weight is 479 g/mol. The lowest BCUT2D eigenvalue weighted by atomic mass is 10.2. The molecule has 2 aromatic carbocycles. The third kappa shape index (κ3) is 6.15. The number of nitrogens with one attached hydrogen (secondary N) is 1. The number of halogens is 2. The number of aryl methyl sites for hydroxylation is 1. The van der Waals surface area contributed by atoms with Gasteiger partial charge in [-0.3, -0.25) is 4.79 Å². The minimum atomic E-state index is -0.278. The van der Waals surface area contributed by atoms with E-state index in [1.807, 2.05) is 30.5 Å². The van der Waals surface area contributed by atoms with Gasteiger partial charge in [0, 0.05) is 12.2 Å². The number of amides is 1. The highest BCUT2D eigenvalue weighted by atomic mass is 35.5. The SMILES string of the molecule is CCc1ccc(O[C@H](C)c2nnc(SCC(=O)Nc3ccc(Cl)c(Cl)c3)n2CC)cc1. The summed E-state index contributed by atoms with van der Waals surface area (Å²) in [6.07, 6.45) is 0.707. The fourth-order valence-electron chi connectivity index (χ4n) is 2.97. The molecule has 0 spiro atoms. The summed E-state index contributed by atoms with van der Waals surface area (Å²) in [4.78, 5) is 12.3. The van der Waals surface area contributed by atoms with Crippen LogP contribution in [-0.4, -0.2) is 26.4 Å². The molecule has 9 heteroatoms. The topological polar surface area (TPSA) is 69.0 Å². The molecule has 6 nitrogen and oxygen atoms in total. The van der Waals surface area contributed by atoms with Gasteiger partial charge >= 0.3 is 0 Å². The molecule has 0 saturated heterocycles. The predicted octanol–water partition coefficient (Wildman–Crippen LogP) is 6.04. The Labute approximate surface area is 196 Å². The van der Waals surface area contributed by atoms with Gasteiger partial charge in [0.25, 0.3) is 0 Å². The van der Waals surface area contributed by atoms with Crippen molar-refractivity contribution >= 4 is 46.6 Å². The lowest BCUT2D eigenvalue weighted by Gasteiger charge is -2.16. The molecular formula is C22H24Cl2N4O2S. The Hall–Kier alpha value is -2.22. The molecule has 1 N–H and O–H groups in total. The summed E-state index contributed by atoms with van der Waals surface area (Å²) in [7, 11) is 0. The van der Waals surface area contributed by atoms with Crippen molar-refractivity contribution in [3.05, 3.63) is 63.9 Å². The number of ether oxygens (including phenoxy) is 1. The lowest BCUT2D eigenvalue weighted by Crippen LogP contribution is -2.15. The van der Waals surface area contributed by atoms with Crippen LogP contribution < -0.4 is 10.1 Å². The minimum absolute atomic E-state index is 0.170. The van der Waals surface area contributed by atoms with Crippen LogP contribution in [0.4, 0.5) is 5.69 Å². The first-order valence-corrected chi connectivity index (χ1v) is 11.7. The molecule has 0 unspecified atom stereocenters. The van der Waals surface area contributed by atoms with Crippen LogP contribution in [0.2, 0.25) is 10.0 Å². The molecule has 0 fully saturated rings. The molecule has 1 aromatic heterocycles. The molecule has 3 rings (SSSR count). The van der Waals surface area contributed by atoms with Crippen LogP contribution >= 0.6 is 35.0 Å². The second-order valence-corrected chi connectivity index (χ2v) is 8.57. The summed E-state index contributed by atoms with van der Waals surface area (Å²) in [5.74, 6) is 1.52. The van der Waals surface area contributed by atoms with Crippen molar-refractivity contribution in [1.29, 1.82) is 0 Å². The second-order valence-electron chi connectivity index (χ2n) is 6.81. The van der Waals surface area contributed by atoms with Crippen molar-refractivity contribution in [2.24, 2.45) is 0 Å². The Morgan fingerprint density at radius 2 is 1.87 bits per heavy atom. The summed E-state index contributed by atoms with van der Waals surface area (Å²) >= 11 is 13.2. The molecule has 0 bridgehead atoms. The van der Waals surface area contributed by atoms with Gasteiger partial charge in [-0.25, -0.2) is 0 Å². The molecule has 164 valence electrons. The van der Waals surface area contributed by atoms with Gasteiger partial charge in [0.2, 0.25) is 5.91 Å². The minimum Gasteiger partial charge on any atom is -0.483 e. The second kappa shape index (κ2) is 10.9. The molecule has 0 saturated carbocycles. The lowest BCUT2D eigenvalue weighted by molar-refractivity contribution is -0.113. The average Bonchev–Trinajstić information content (AvgIpc) is 3.18. The maximum atomic E-state index is 12.3. The van der Waals surface area contributed by atoms with E-state index >= 15 is 0 Å². The number of carbonyl (C=O) groups excluding carboxylic acids is 1. The van der Waals surface area contributed by atoms with Crippen molar-refractivity contribution in [3.63, 3.8) is 0 Å². The van der Waals surface area contributed by atoms with E-state index in [0.717, 1.165) is 18.0 Å². The van der Waals surface area contributed by atoms with Crippen molar-refractivity contribution in [2.45, 2.75) is 45.0 Å². The number of aromatic nitrogens is 3. The molecule has 31 heavy (non-hydrogen) atoms. The standard InChI is InChI=1S/C22H24Cl2N4O2S/c1-4-15-6-9-17(10-7-15)30-14(3)21-26-27-22(28(21)5-2)31-13-20(29)25-16-8-11-18(23)19(24)12-16/h6-12,14H,4-5,13H2,1-3H3,(H,25,29)/t14-/m1/s1. The normalized spacial score (nSPS) is 11.9. The number of carbonyl (C=O) groups is 1. The van der Waals surface area contributed by atoms with Gasteiger partial charge in [-0.2, -0.15) is 0 Å². The first-order valence-electron chi connectivity index (χ1n) is 9.97. The summed E-state index contributed by atoms with van der Waals surface area (Å²) < 4.78 is 8.01. The van der Waals surface area contributed by atoms with Crippen LogP contribution in [-0.2, 0) is 17.8 Å². The van der Waals surface area contributed by atoms with Gasteiger partial charge in [0.15, 0.2) is 17.1 Å². The molecule has 0 aliphatic carbocycles. The zero-order valence-electron chi connectivity index (χ0n) is 17.6. The van der Waals surface area contributed by atoms with E-state index < -0.39 is 0 Å². The van der Waals surface area contributed by atoms with E-state index in [-0.39, 0.29) is 17.8 Å². The third-order valence-corrected chi connectivity index (χ3v) is 6.31. The van der Waals surface area contributed by atoms with Crippen molar-refractivity contribution < 1.29 is 9.53 Å². The predicted molar refractivity (Wildman–Crippen MR) is 126 cm³/mol. The van der Waals surface area contributed by atoms with Crippen molar-refractivity contribution in [3.8, 4) is 5.75 Å². The molecule has 3 aromatic rings.